The maximum atomic E-state index is 13.9. The first-order valence-corrected chi connectivity index (χ1v) is 6.81. The van der Waals surface area contributed by atoms with Crippen LogP contribution >= 0.6 is 11.6 Å². The molecular weight excluding hydrogens is 282 g/mol. The first kappa shape index (κ1) is 13.5. The second-order valence-electron chi connectivity index (χ2n) is 5.21. The molecule has 1 nitrogen and oxygen atoms in total. The summed E-state index contributed by atoms with van der Waals surface area (Å²) < 4.78 is 27.1. The van der Waals surface area contributed by atoms with E-state index >= 15 is 0 Å². The molecule has 0 heterocycles. The van der Waals surface area contributed by atoms with Crippen molar-refractivity contribution in [2.45, 2.75) is 24.9 Å². The Hall–Kier alpha value is -1.45. The third kappa shape index (κ3) is 2.21. The molecule has 0 saturated carbocycles. The van der Waals surface area contributed by atoms with Gasteiger partial charge in [0, 0.05) is 17.0 Å². The first-order chi connectivity index (χ1) is 9.49. The Morgan fingerprint density at radius 2 is 2.00 bits per heavy atom. The van der Waals surface area contributed by atoms with Crippen LogP contribution in [0, 0.1) is 11.6 Å². The minimum Gasteiger partial charge on any atom is -0.385 e. The quantitative estimate of drug-likeness (QED) is 0.888. The molecule has 1 atom stereocenters. The van der Waals surface area contributed by atoms with E-state index in [4.69, 9.17) is 11.6 Å². The van der Waals surface area contributed by atoms with E-state index < -0.39 is 11.4 Å². The number of aliphatic hydroxyl groups is 1. The van der Waals surface area contributed by atoms with Crippen LogP contribution in [0.1, 0.15) is 23.1 Å². The molecule has 20 heavy (non-hydrogen) atoms. The molecule has 0 spiro atoms. The number of aryl methyl sites for hydroxylation is 1. The summed E-state index contributed by atoms with van der Waals surface area (Å²) in [5, 5.41) is 11.1. The fourth-order valence-corrected chi connectivity index (χ4v) is 3.11. The van der Waals surface area contributed by atoms with Crippen molar-refractivity contribution >= 4 is 11.6 Å². The Kier molecular flexibility index (Phi) is 3.27. The molecule has 4 heteroatoms. The first-order valence-electron chi connectivity index (χ1n) is 6.44. The minimum atomic E-state index is -1.19. The van der Waals surface area contributed by atoms with Gasteiger partial charge in [0.15, 0.2) is 0 Å². The molecule has 2 aromatic carbocycles. The average molecular weight is 295 g/mol. The molecule has 0 bridgehead atoms. The molecule has 104 valence electrons. The second-order valence-corrected chi connectivity index (χ2v) is 5.62. The van der Waals surface area contributed by atoms with Crippen LogP contribution in [0.15, 0.2) is 36.4 Å². The lowest BCUT2D eigenvalue weighted by Gasteiger charge is -2.25. The molecule has 0 aliphatic heterocycles. The number of halogens is 3. The fourth-order valence-electron chi connectivity index (χ4n) is 2.88. The smallest absolute Gasteiger partial charge is 0.128 e. The molecule has 0 radical (unpaired) electrons. The minimum absolute atomic E-state index is 0.0944. The lowest BCUT2D eigenvalue weighted by atomic mass is 9.88. The maximum Gasteiger partial charge on any atom is 0.128 e. The largest absolute Gasteiger partial charge is 0.385 e. The Labute approximate surface area is 120 Å². The molecule has 1 N–H and O–H groups in total. The van der Waals surface area contributed by atoms with Gasteiger partial charge >= 0.3 is 0 Å². The molecule has 3 rings (SSSR count). The summed E-state index contributed by atoms with van der Waals surface area (Å²) in [6.45, 7) is 0. The van der Waals surface area contributed by atoms with Crippen molar-refractivity contribution in [2.75, 3.05) is 0 Å². The molecular formula is C16H13ClF2O. The van der Waals surface area contributed by atoms with Crippen LogP contribution < -0.4 is 0 Å². The normalized spacial score (nSPS) is 21.0. The molecule has 1 aliphatic rings. The highest BCUT2D eigenvalue weighted by Crippen LogP contribution is 2.41. The van der Waals surface area contributed by atoms with Gasteiger partial charge < -0.3 is 5.11 Å². The van der Waals surface area contributed by atoms with Crippen molar-refractivity contribution in [1.82, 2.24) is 0 Å². The third-order valence-electron chi connectivity index (χ3n) is 3.91. The number of hydrogen-bond acceptors (Lipinski definition) is 1. The van der Waals surface area contributed by atoms with Gasteiger partial charge in [-0.2, -0.15) is 0 Å². The van der Waals surface area contributed by atoms with E-state index in [2.05, 4.69) is 0 Å². The number of benzene rings is 2. The summed E-state index contributed by atoms with van der Waals surface area (Å²) in [5.74, 6) is -0.751. The lowest BCUT2D eigenvalue weighted by molar-refractivity contribution is 0.0381. The molecule has 1 unspecified atom stereocenters. The Balaban J connectivity index is 2.00. The molecule has 0 aromatic heterocycles. The second kappa shape index (κ2) is 4.83. The zero-order valence-corrected chi connectivity index (χ0v) is 11.4. The van der Waals surface area contributed by atoms with E-state index in [1.807, 2.05) is 0 Å². The van der Waals surface area contributed by atoms with Crippen LogP contribution in [0.2, 0.25) is 5.02 Å². The summed E-state index contributed by atoms with van der Waals surface area (Å²) in [7, 11) is 0. The highest BCUT2D eigenvalue weighted by molar-refractivity contribution is 6.31. The molecule has 2 aromatic rings. The van der Waals surface area contributed by atoms with Gasteiger partial charge in [0.05, 0.1) is 5.60 Å². The predicted molar refractivity (Wildman–Crippen MR) is 73.7 cm³/mol. The van der Waals surface area contributed by atoms with Crippen molar-refractivity contribution in [1.29, 1.82) is 0 Å². The average Bonchev–Trinajstić information content (AvgIpc) is 2.72. The number of fused-ring (bicyclic) bond motifs is 1. The standard InChI is InChI=1S/C16H13ClF2O/c17-14-2-1-3-15(19)12(14)9-16(20)7-6-10-8-11(18)4-5-13(10)16/h1-5,8,20H,6-7,9H2. The van der Waals surface area contributed by atoms with Gasteiger partial charge in [0.25, 0.3) is 0 Å². The Bertz CT molecular complexity index is 651. The third-order valence-corrected chi connectivity index (χ3v) is 4.26. The van der Waals surface area contributed by atoms with Gasteiger partial charge in [-0.15, -0.1) is 0 Å². The van der Waals surface area contributed by atoms with Crippen LogP contribution in [0.4, 0.5) is 8.78 Å². The molecule has 0 fully saturated rings. The molecule has 0 saturated heterocycles. The van der Waals surface area contributed by atoms with E-state index in [1.165, 1.54) is 24.3 Å². The summed E-state index contributed by atoms with van der Waals surface area (Å²) in [6.07, 6.45) is 1.11. The van der Waals surface area contributed by atoms with Gasteiger partial charge in [0.2, 0.25) is 0 Å². The predicted octanol–water partition coefficient (Wildman–Crippen LogP) is 3.99. The topological polar surface area (TPSA) is 20.2 Å². The molecule has 1 aliphatic carbocycles. The monoisotopic (exact) mass is 294 g/mol. The van der Waals surface area contributed by atoms with Gasteiger partial charge in [-0.25, -0.2) is 8.78 Å². The zero-order chi connectivity index (χ0) is 14.3. The van der Waals surface area contributed by atoms with Crippen LogP contribution in [0.25, 0.3) is 0 Å². The van der Waals surface area contributed by atoms with E-state index in [-0.39, 0.29) is 12.2 Å². The highest BCUT2D eigenvalue weighted by atomic mass is 35.5. The Morgan fingerprint density at radius 1 is 1.20 bits per heavy atom. The van der Waals surface area contributed by atoms with Crippen molar-refractivity contribution in [3.05, 3.63) is 69.7 Å². The van der Waals surface area contributed by atoms with Crippen molar-refractivity contribution in [3.8, 4) is 0 Å². The zero-order valence-electron chi connectivity index (χ0n) is 10.7. The van der Waals surface area contributed by atoms with Gasteiger partial charge in [-0.3, -0.25) is 0 Å². The number of hydrogen-bond donors (Lipinski definition) is 1. The fraction of sp³-hybridized carbons (Fsp3) is 0.250. The SMILES string of the molecule is OC1(Cc2c(F)cccc2Cl)CCc2cc(F)ccc21. The maximum absolute atomic E-state index is 13.9. The summed E-state index contributed by atoms with van der Waals surface area (Å²) >= 11 is 6.01. The van der Waals surface area contributed by atoms with E-state index in [0.29, 0.717) is 29.0 Å². The van der Waals surface area contributed by atoms with Crippen molar-refractivity contribution in [3.63, 3.8) is 0 Å². The summed E-state index contributed by atoms with van der Waals surface area (Å²) in [5.41, 5.74) is 0.557. The highest BCUT2D eigenvalue weighted by Gasteiger charge is 2.38. The summed E-state index contributed by atoms with van der Waals surface area (Å²) in [6, 6.07) is 8.78. The van der Waals surface area contributed by atoms with Gasteiger partial charge in [-0.1, -0.05) is 23.7 Å². The van der Waals surface area contributed by atoms with Crippen molar-refractivity contribution < 1.29 is 13.9 Å². The van der Waals surface area contributed by atoms with Gasteiger partial charge in [0.1, 0.15) is 11.6 Å². The van der Waals surface area contributed by atoms with Crippen LogP contribution in [0.3, 0.4) is 0 Å². The van der Waals surface area contributed by atoms with Crippen LogP contribution in [-0.2, 0) is 18.4 Å². The molecule has 0 amide bonds. The lowest BCUT2D eigenvalue weighted by Crippen LogP contribution is -2.26. The summed E-state index contributed by atoms with van der Waals surface area (Å²) in [4.78, 5) is 0. The van der Waals surface area contributed by atoms with E-state index in [9.17, 15) is 13.9 Å². The number of rotatable bonds is 2. The van der Waals surface area contributed by atoms with E-state index in [0.717, 1.165) is 5.56 Å². The Morgan fingerprint density at radius 3 is 2.75 bits per heavy atom. The van der Waals surface area contributed by atoms with E-state index in [1.54, 1.807) is 12.1 Å². The van der Waals surface area contributed by atoms with Crippen LogP contribution in [-0.4, -0.2) is 5.11 Å². The van der Waals surface area contributed by atoms with Gasteiger partial charge in [-0.05, 0) is 48.2 Å². The van der Waals surface area contributed by atoms with Crippen LogP contribution in [0.5, 0.6) is 0 Å². The van der Waals surface area contributed by atoms with Crippen molar-refractivity contribution in [2.24, 2.45) is 0 Å².